The fraction of sp³-hybridized carbons (Fsp3) is 0.407. The number of nitrogens with one attached hydrogen (secondary N) is 1. The van der Waals surface area contributed by atoms with Crippen LogP contribution in [0.4, 0.5) is 0 Å². The standard InChI is InChI=1S/C27H30N4O3/c1-18-10-11-22-23(17-18)29-25(28-22)19-12-15-30(16-13-19)24(32)9-3-2-6-14-31-26(33)20-7-4-5-8-21(20)27(31)34/h4-5,7-8,10-11,17,19H,2-3,6,9,12-16H2,1H3,(H,28,29). The predicted octanol–water partition coefficient (Wildman–Crippen LogP) is 4.43. The van der Waals surface area contributed by atoms with Gasteiger partial charge in [0.05, 0.1) is 22.2 Å². The summed E-state index contributed by atoms with van der Waals surface area (Å²) in [4.78, 5) is 49.0. The second kappa shape index (κ2) is 9.41. The van der Waals surface area contributed by atoms with Crippen molar-refractivity contribution in [2.24, 2.45) is 0 Å². The molecule has 7 heteroatoms. The molecule has 34 heavy (non-hydrogen) atoms. The highest BCUT2D eigenvalue weighted by Crippen LogP contribution is 2.28. The normalized spacial score (nSPS) is 16.5. The maximum Gasteiger partial charge on any atom is 0.261 e. The molecule has 176 valence electrons. The third-order valence-electron chi connectivity index (χ3n) is 7.04. The lowest BCUT2D eigenvalue weighted by atomic mass is 9.96. The molecule has 1 fully saturated rings. The van der Waals surface area contributed by atoms with Crippen LogP contribution in [0.15, 0.2) is 42.5 Å². The topological polar surface area (TPSA) is 86.4 Å². The molecule has 3 heterocycles. The number of carbonyl (C=O) groups excluding carboxylic acids is 3. The van der Waals surface area contributed by atoms with Crippen molar-refractivity contribution in [3.05, 3.63) is 65.0 Å². The van der Waals surface area contributed by atoms with E-state index in [-0.39, 0.29) is 17.7 Å². The molecular weight excluding hydrogens is 428 g/mol. The molecule has 2 aromatic carbocycles. The molecule has 1 N–H and O–H groups in total. The molecule has 1 saturated heterocycles. The van der Waals surface area contributed by atoms with Crippen LogP contribution in [0.25, 0.3) is 11.0 Å². The highest BCUT2D eigenvalue weighted by atomic mass is 16.2. The Kier molecular flexibility index (Phi) is 6.18. The number of rotatable bonds is 7. The van der Waals surface area contributed by atoms with Crippen LogP contribution in [-0.2, 0) is 4.79 Å². The zero-order chi connectivity index (χ0) is 23.7. The van der Waals surface area contributed by atoms with E-state index in [2.05, 4.69) is 30.1 Å². The second-order valence-electron chi connectivity index (χ2n) is 9.42. The zero-order valence-electron chi connectivity index (χ0n) is 19.5. The minimum atomic E-state index is -0.209. The van der Waals surface area contributed by atoms with Gasteiger partial charge in [0.2, 0.25) is 5.91 Å². The van der Waals surface area contributed by atoms with Crippen LogP contribution in [0.2, 0.25) is 0 Å². The molecule has 0 aliphatic carbocycles. The first-order chi connectivity index (χ1) is 16.5. The lowest BCUT2D eigenvalue weighted by Crippen LogP contribution is -2.38. The Morgan fingerprint density at radius 3 is 2.41 bits per heavy atom. The van der Waals surface area contributed by atoms with Gasteiger partial charge in [-0.25, -0.2) is 4.98 Å². The summed E-state index contributed by atoms with van der Waals surface area (Å²) in [5.41, 5.74) is 4.27. The number of fused-ring (bicyclic) bond motifs is 2. The highest BCUT2D eigenvalue weighted by molar-refractivity contribution is 6.21. The lowest BCUT2D eigenvalue weighted by molar-refractivity contribution is -0.132. The molecule has 2 aliphatic rings. The molecule has 0 unspecified atom stereocenters. The summed E-state index contributed by atoms with van der Waals surface area (Å²) in [5, 5.41) is 0. The van der Waals surface area contributed by atoms with Crippen LogP contribution in [-0.4, -0.2) is 57.1 Å². The molecule has 0 bridgehead atoms. The van der Waals surface area contributed by atoms with E-state index in [0.29, 0.717) is 36.4 Å². The number of hydrogen-bond donors (Lipinski definition) is 1. The number of hydrogen-bond acceptors (Lipinski definition) is 4. The molecule has 7 nitrogen and oxygen atoms in total. The Morgan fingerprint density at radius 2 is 1.71 bits per heavy atom. The van der Waals surface area contributed by atoms with Crippen molar-refractivity contribution >= 4 is 28.8 Å². The molecule has 3 amide bonds. The first kappa shape index (κ1) is 22.3. The van der Waals surface area contributed by atoms with E-state index < -0.39 is 0 Å². The highest BCUT2D eigenvalue weighted by Gasteiger charge is 2.34. The average molecular weight is 459 g/mol. The lowest BCUT2D eigenvalue weighted by Gasteiger charge is -2.31. The van der Waals surface area contributed by atoms with E-state index in [4.69, 9.17) is 4.98 Å². The van der Waals surface area contributed by atoms with Crippen molar-refractivity contribution in [3.63, 3.8) is 0 Å². The van der Waals surface area contributed by atoms with Crippen LogP contribution < -0.4 is 0 Å². The number of benzene rings is 2. The van der Waals surface area contributed by atoms with Gasteiger partial charge >= 0.3 is 0 Å². The number of aryl methyl sites for hydroxylation is 1. The summed E-state index contributed by atoms with van der Waals surface area (Å²) in [5.74, 6) is 1.16. The molecule has 0 radical (unpaired) electrons. The number of nitrogens with zero attached hydrogens (tertiary/aromatic N) is 3. The average Bonchev–Trinajstić information content (AvgIpc) is 3.38. The van der Waals surface area contributed by atoms with Gasteiger partial charge in [0.15, 0.2) is 0 Å². The van der Waals surface area contributed by atoms with Gasteiger partial charge in [-0.15, -0.1) is 0 Å². The Bertz CT molecular complexity index is 1200. The van der Waals surface area contributed by atoms with Gasteiger partial charge in [0, 0.05) is 32.0 Å². The molecule has 1 aromatic heterocycles. The summed E-state index contributed by atoms with van der Waals surface area (Å²) in [6, 6.07) is 13.2. The molecule has 0 atom stereocenters. The van der Waals surface area contributed by atoms with Crippen molar-refractivity contribution < 1.29 is 14.4 Å². The molecule has 3 aromatic rings. The van der Waals surface area contributed by atoms with E-state index in [0.717, 1.165) is 55.6 Å². The third kappa shape index (κ3) is 4.34. The molecule has 0 saturated carbocycles. The minimum absolute atomic E-state index is 0.194. The second-order valence-corrected chi connectivity index (χ2v) is 9.42. The molecular formula is C27H30N4O3. The first-order valence-electron chi connectivity index (χ1n) is 12.2. The number of H-pyrrole nitrogens is 1. The van der Waals surface area contributed by atoms with Gasteiger partial charge in [-0.1, -0.05) is 24.6 Å². The summed E-state index contributed by atoms with van der Waals surface area (Å²) < 4.78 is 0. The Morgan fingerprint density at radius 1 is 1.00 bits per heavy atom. The van der Waals surface area contributed by atoms with Crippen molar-refractivity contribution in [3.8, 4) is 0 Å². The number of imidazole rings is 1. The van der Waals surface area contributed by atoms with Gasteiger partial charge in [-0.05, 0) is 62.4 Å². The van der Waals surface area contributed by atoms with Crippen LogP contribution in [0.1, 0.15) is 76.5 Å². The van der Waals surface area contributed by atoms with E-state index >= 15 is 0 Å². The van der Waals surface area contributed by atoms with Crippen molar-refractivity contribution in [1.82, 2.24) is 19.8 Å². The Hall–Kier alpha value is -3.48. The summed E-state index contributed by atoms with van der Waals surface area (Å²) in [6.07, 6.45) is 4.65. The van der Waals surface area contributed by atoms with Gasteiger partial charge < -0.3 is 9.88 Å². The van der Waals surface area contributed by atoms with E-state index in [9.17, 15) is 14.4 Å². The summed E-state index contributed by atoms with van der Waals surface area (Å²) >= 11 is 0. The minimum Gasteiger partial charge on any atom is -0.343 e. The maximum absolute atomic E-state index is 12.7. The Balaban J connectivity index is 1.03. The first-order valence-corrected chi connectivity index (χ1v) is 12.2. The number of amides is 3. The molecule has 0 spiro atoms. The molecule has 5 rings (SSSR count). The summed E-state index contributed by atoms with van der Waals surface area (Å²) in [7, 11) is 0. The maximum atomic E-state index is 12.7. The van der Waals surface area contributed by atoms with Crippen LogP contribution in [0.3, 0.4) is 0 Å². The van der Waals surface area contributed by atoms with Gasteiger partial charge in [-0.3, -0.25) is 19.3 Å². The Labute approximate surface area is 199 Å². The zero-order valence-corrected chi connectivity index (χ0v) is 19.5. The summed E-state index contributed by atoms with van der Waals surface area (Å²) in [6.45, 7) is 4.00. The fourth-order valence-corrected chi connectivity index (χ4v) is 5.06. The molecule has 2 aliphatic heterocycles. The van der Waals surface area contributed by atoms with Gasteiger partial charge in [0.25, 0.3) is 11.8 Å². The fourth-order valence-electron chi connectivity index (χ4n) is 5.06. The monoisotopic (exact) mass is 458 g/mol. The van der Waals surface area contributed by atoms with Gasteiger partial charge in [0.1, 0.15) is 5.82 Å². The van der Waals surface area contributed by atoms with Crippen molar-refractivity contribution in [1.29, 1.82) is 0 Å². The largest absolute Gasteiger partial charge is 0.343 e. The van der Waals surface area contributed by atoms with E-state index in [1.165, 1.54) is 10.5 Å². The van der Waals surface area contributed by atoms with Crippen LogP contribution >= 0.6 is 0 Å². The number of carbonyl (C=O) groups is 3. The smallest absolute Gasteiger partial charge is 0.261 e. The van der Waals surface area contributed by atoms with Gasteiger partial charge in [-0.2, -0.15) is 0 Å². The number of aromatic amines is 1. The van der Waals surface area contributed by atoms with Crippen molar-refractivity contribution in [2.75, 3.05) is 19.6 Å². The van der Waals surface area contributed by atoms with Crippen LogP contribution in [0.5, 0.6) is 0 Å². The third-order valence-corrected chi connectivity index (χ3v) is 7.04. The number of aromatic nitrogens is 2. The van der Waals surface area contributed by atoms with Crippen molar-refractivity contribution in [2.45, 2.75) is 51.4 Å². The quantitative estimate of drug-likeness (QED) is 0.419. The number of unbranched alkanes of at least 4 members (excludes halogenated alkanes) is 2. The number of likely N-dealkylation sites (tertiary alicyclic amines) is 1. The number of piperidine rings is 1. The van der Waals surface area contributed by atoms with Crippen LogP contribution in [0, 0.1) is 6.92 Å². The SMILES string of the molecule is Cc1ccc2nc(C3CCN(C(=O)CCCCCN4C(=O)c5ccccc5C4=O)CC3)[nH]c2c1. The number of imide groups is 1. The van der Waals surface area contributed by atoms with E-state index in [1.807, 2.05) is 4.90 Å². The predicted molar refractivity (Wildman–Crippen MR) is 130 cm³/mol. The van der Waals surface area contributed by atoms with E-state index in [1.54, 1.807) is 24.3 Å².